The number of nitrogens with zero attached hydrogens (tertiary/aromatic N) is 3. The maximum atomic E-state index is 13.6. The zero-order valence-electron chi connectivity index (χ0n) is 19.7. The maximum Gasteiger partial charge on any atom is 0.139 e. The van der Waals surface area contributed by atoms with Gasteiger partial charge in [0.2, 0.25) is 0 Å². The van der Waals surface area contributed by atoms with Crippen LogP contribution < -0.4 is 11.1 Å². The van der Waals surface area contributed by atoms with Gasteiger partial charge in [-0.25, -0.2) is 14.4 Å². The molecule has 2 fully saturated rings. The number of hydrogen-bond acceptors (Lipinski definition) is 4. The first-order valence-corrected chi connectivity index (χ1v) is 12.0. The van der Waals surface area contributed by atoms with E-state index in [1.807, 2.05) is 36.0 Å². The van der Waals surface area contributed by atoms with Crippen LogP contribution >= 0.6 is 0 Å². The summed E-state index contributed by atoms with van der Waals surface area (Å²) in [4.78, 5) is 8.62. The fourth-order valence-corrected chi connectivity index (χ4v) is 4.23. The van der Waals surface area contributed by atoms with Crippen LogP contribution in [-0.2, 0) is 6.54 Å². The molecule has 0 saturated heterocycles. The monoisotopic (exact) mass is 447 g/mol. The average Bonchev–Trinajstić information content (AvgIpc) is 3.56. The lowest BCUT2D eigenvalue weighted by Crippen LogP contribution is -2.14. The SMILES string of the molecule is C1CCCCC1.CC1=Nc2cc(F)c(CN)cc2NC1=C1CC1.Cc1cccn2ccnc12. The van der Waals surface area contributed by atoms with Gasteiger partial charge in [-0.2, -0.15) is 0 Å². The van der Waals surface area contributed by atoms with Crippen molar-refractivity contribution in [1.29, 1.82) is 0 Å². The van der Waals surface area contributed by atoms with Crippen LogP contribution in [0.3, 0.4) is 0 Å². The van der Waals surface area contributed by atoms with Gasteiger partial charge in [0.25, 0.3) is 0 Å². The van der Waals surface area contributed by atoms with E-state index in [4.69, 9.17) is 5.73 Å². The van der Waals surface area contributed by atoms with Crippen molar-refractivity contribution in [3.63, 3.8) is 0 Å². The standard InChI is InChI=1S/C13H14FN3.C8H8N2.C6H12/c1-7-13(8-2-3-8)17-11-4-9(6-15)10(14)5-12(11)16-7;1-7-3-2-5-10-6-4-9-8(7)10;1-2-4-6-5-3-1/h4-5,17H,2-3,6,15H2,1H3;2-6H,1H3;1-6H2. The molecule has 3 aromatic rings. The lowest BCUT2D eigenvalue weighted by molar-refractivity contribution is 0.504. The molecule has 5 nitrogen and oxygen atoms in total. The largest absolute Gasteiger partial charge is 0.352 e. The Bertz CT molecular complexity index is 1150. The molecular formula is C27H34FN5. The number of rotatable bonds is 1. The fourth-order valence-electron chi connectivity index (χ4n) is 4.23. The number of allylic oxidation sites excluding steroid dienone is 2. The number of aryl methyl sites for hydroxylation is 1. The van der Waals surface area contributed by atoms with Gasteiger partial charge < -0.3 is 15.5 Å². The molecule has 3 heterocycles. The molecule has 2 saturated carbocycles. The van der Waals surface area contributed by atoms with Gasteiger partial charge in [0.15, 0.2) is 0 Å². The van der Waals surface area contributed by atoms with Gasteiger partial charge >= 0.3 is 0 Å². The Balaban J connectivity index is 0.000000136. The Labute approximate surface area is 195 Å². The first kappa shape index (κ1) is 23.2. The van der Waals surface area contributed by atoms with E-state index in [2.05, 4.69) is 28.3 Å². The molecule has 3 N–H and O–H groups in total. The number of nitrogens with one attached hydrogen (secondary N) is 1. The van der Waals surface area contributed by atoms with Crippen molar-refractivity contribution in [2.45, 2.75) is 71.8 Å². The number of fused-ring (bicyclic) bond motifs is 2. The highest BCUT2D eigenvalue weighted by Crippen LogP contribution is 2.39. The van der Waals surface area contributed by atoms with Crippen molar-refractivity contribution in [1.82, 2.24) is 9.38 Å². The van der Waals surface area contributed by atoms with Gasteiger partial charge in [0.05, 0.1) is 22.8 Å². The third kappa shape index (κ3) is 5.88. The highest BCUT2D eigenvalue weighted by molar-refractivity contribution is 6.07. The summed E-state index contributed by atoms with van der Waals surface area (Å²) in [6.45, 7) is 4.21. The average molecular weight is 448 g/mol. The molecule has 0 radical (unpaired) electrons. The second-order valence-corrected chi connectivity index (χ2v) is 8.94. The molecule has 3 aliphatic rings. The zero-order valence-corrected chi connectivity index (χ0v) is 19.7. The number of anilines is 1. The quantitative estimate of drug-likeness (QED) is 0.429. The Hall–Kier alpha value is -2.99. The number of hydrogen-bond donors (Lipinski definition) is 2. The molecule has 6 heteroatoms. The third-order valence-corrected chi connectivity index (χ3v) is 6.26. The van der Waals surface area contributed by atoms with Crippen molar-refractivity contribution < 1.29 is 4.39 Å². The minimum atomic E-state index is -0.285. The second-order valence-electron chi connectivity index (χ2n) is 8.94. The normalized spacial score (nSPS) is 16.5. The first-order valence-electron chi connectivity index (χ1n) is 12.0. The summed E-state index contributed by atoms with van der Waals surface area (Å²) in [5.74, 6) is -0.285. The van der Waals surface area contributed by atoms with Gasteiger partial charge in [-0.05, 0) is 50.0 Å². The van der Waals surface area contributed by atoms with Crippen LogP contribution in [0.15, 0.2) is 59.1 Å². The maximum absolute atomic E-state index is 13.6. The zero-order chi connectivity index (χ0) is 23.2. The van der Waals surface area contributed by atoms with Gasteiger partial charge in [-0.15, -0.1) is 0 Å². The highest BCUT2D eigenvalue weighted by atomic mass is 19.1. The summed E-state index contributed by atoms with van der Waals surface area (Å²) in [6, 6.07) is 7.28. The molecule has 0 bridgehead atoms. The van der Waals surface area contributed by atoms with Crippen LogP contribution in [0.25, 0.3) is 5.65 Å². The Morgan fingerprint density at radius 2 is 1.73 bits per heavy atom. The fraction of sp³-hybridized carbons (Fsp3) is 0.407. The third-order valence-electron chi connectivity index (χ3n) is 6.26. The van der Waals surface area contributed by atoms with Gasteiger partial charge in [-0.3, -0.25) is 0 Å². The molecule has 0 amide bonds. The molecule has 0 atom stereocenters. The van der Waals surface area contributed by atoms with E-state index in [0.29, 0.717) is 11.3 Å². The minimum absolute atomic E-state index is 0.204. The van der Waals surface area contributed by atoms with E-state index in [-0.39, 0.29) is 12.4 Å². The van der Waals surface area contributed by atoms with E-state index in [1.165, 1.54) is 55.7 Å². The molecule has 1 aliphatic heterocycles. The lowest BCUT2D eigenvalue weighted by atomic mass is 10.0. The number of halogens is 1. The summed E-state index contributed by atoms with van der Waals surface area (Å²) in [5, 5.41) is 3.34. The van der Waals surface area contributed by atoms with E-state index < -0.39 is 0 Å². The van der Waals surface area contributed by atoms with Gasteiger partial charge in [-0.1, -0.05) is 44.6 Å². The lowest BCUT2D eigenvalue weighted by Gasteiger charge is -2.20. The predicted molar refractivity (Wildman–Crippen MR) is 135 cm³/mol. The Morgan fingerprint density at radius 3 is 2.33 bits per heavy atom. The molecule has 0 spiro atoms. The van der Waals surface area contributed by atoms with E-state index >= 15 is 0 Å². The summed E-state index contributed by atoms with van der Waals surface area (Å²) >= 11 is 0. The van der Waals surface area contributed by atoms with E-state index in [1.54, 1.807) is 6.07 Å². The molecule has 33 heavy (non-hydrogen) atoms. The van der Waals surface area contributed by atoms with E-state index in [0.717, 1.165) is 35.6 Å². The van der Waals surface area contributed by atoms with Crippen molar-refractivity contribution in [2.24, 2.45) is 10.7 Å². The number of aliphatic imine (C=N–C) groups is 1. The minimum Gasteiger partial charge on any atom is -0.352 e. The molecule has 0 unspecified atom stereocenters. The molecule has 6 rings (SSSR count). The van der Waals surface area contributed by atoms with Gasteiger partial charge in [0.1, 0.15) is 11.5 Å². The van der Waals surface area contributed by atoms with Crippen LogP contribution in [0.2, 0.25) is 0 Å². The van der Waals surface area contributed by atoms with Gasteiger partial charge in [0, 0.05) is 36.8 Å². The van der Waals surface area contributed by atoms with Crippen molar-refractivity contribution >= 4 is 22.7 Å². The Kier molecular flexibility index (Phi) is 7.55. The number of benzene rings is 1. The molecule has 1 aromatic carbocycles. The Morgan fingerprint density at radius 1 is 1.03 bits per heavy atom. The molecular weight excluding hydrogens is 413 g/mol. The van der Waals surface area contributed by atoms with Crippen LogP contribution in [-0.4, -0.2) is 15.1 Å². The van der Waals surface area contributed by atoms with Crippen LogP contribution in [0, 0.1) is 12.7 Å². The summed E-state index contributed by atoms with van der Waals surface area (Å²) < 4.78 is 15.6. The predicted octanol–water partition coefficient (Wildman–Crippen LogP) is 6.83. The van der Waals surface area contributed by atoms with Crippen molar-refractivity contribution in [2.75, 3.05) is 5.32 Å². The van der Waals surface area contributed by atoms with E-state index in [9.17, 15) is 4.39 Å². The smallest absolute Gasteiger partial charge is 0.139 e. The van der Waals surface area contributed by atoms with Crippen LogP contribution in [0.1, 0.15) is 69.4 Å². The van der Waals surface area contributed by atoms with Crippen molar-refractivity contribution in [3.8, 4) is 0 Å². The number of imidazole rings is 1. The number of pyridine rings is 1. The summed E-state index contributed by atoms with van der Waals surface area (Å²) in [7, 11) is 0. The topological polar surface area (TPSA) is 67.7 Å². The molecule has 2 aromatic heterocycles. The van der Waals surface area contributed by atoms with Crippen molar-refractivity contribution in [3.05, 3.63) is 71.1 Å². The number of aromatic nitrogens is 2. The summed E-state index contributed by atoms with van der Waals surface area (Å²) in [6.07, 6.45) is 17.0. The number of nitrogens with two attached hydrogens (primary N) is 1. The summed E-state index contributed by atoms with van der Waals surface area (Å²) in [5.41, 5.74) is 13.2. The first-order chi connectivity index (χ1) is 16.1. The highest BCUT2D eigenvalue weighted by Gasteiger charge is 2.24. The van der Waals surface area contributed by atoms with Crippen LogP contribution in [0.4, 0.5) is 15.8 Å². The molecule has 174 valence electrons. The van der Waals surface area contributed by atoms with Crippen LogP contribution in [0.5, 0.6) is 0 Å². The molecule has 2 aliphatic carbocycles. The second kappa shape index (κ2) is 10.8.